The maximum Gasteiger partial charge on any atom is 0.337 e. The fraction of sp³-hybridized carbons (Fsp3) is 0.0741. The summed E-state index contributed by atoms with van der Waals surface area (Å²) in [7, 11) is -3.82. The predicted molar refractivity (Wildman–Crippen MR) is 148 cm³/mol. The highest BCUT2D eigenvalue weighted by atomic mass is 35.5. The Morgan fingerprint density at radius 1 is 0.838 bits per heavy atom. The Hall–Kier alpha value is -3.66. The maximum atomic E-state index is 12.7. The molecular weight excluding hydrogens is 532 g/mol. The van der Waals surface area contributed by atoms with Crippen LogP contribution in [0, 0.1) is 13.8 Å². The second-order valence-corrected chi connectivity index (χ2v) is 11.2. The number of anilines is 2. The largest absolute Gasteiger partial charge is 0.478 e. The molecule has 4 aromatic rings. The molecule has 0 bridgehead atoms. The zero-order valence-corrected chi connectivity index (χ0v) is 22.2. The van der Waals surface area contributed by atoms with Crippen molar-refractivity contribution in [3.63, 3.8) is 0 Å². The van der Waals surface area contributed by atoms with Gasteiger partial charge in [-0.3, -0.25) is 4.72 Å². The minimum absolute atomic E-state index is 0.0330. The Morgan fingerprint density at radius 3 is 2.00 bits per heavy atom. The number of carbonyl (C=O) groups is 1. The summed E-state index contributed by atoms with van der Waals surface area (Å²) in [6.07, 6.45) is 0. The van der Waals surface area contributed by atoms with E-state index in [0.29, 0.717) is 11.4 Å². The second kappa shape index (κ2) is 11.2. The molecule has 0 fully saturated rings. The number of benzene rings is 4. The van der Waals surface area contributed by atoms with Crippen molar-refractivity contribution in [1.82, 2.24) is 0 Å². The van der Waals surface area contributed by atoms with Crippen molar-refractivity contribution in [3.8, 4) is 11.5 Å². The van der Waals surface area contributed by atoms with Crippen LogP contribution in [0.5, 0.6) is 11.5 Å². The molecule has 0 heterocycles. The van der Waals surface area contributed by atoms with E-state index in [9.17, 15) is 18.3 Å². The number of hydrogen-bond donors (Lipinski definition) is 3. The summed E-state index contributed by atoms with van der Waals surface area (Å²) in [5, 5.41) is 9.82. The SMILES string of the molecule is Cc1ccc(SNc2ccc(Oc3ccc(NS(=O)(=O)c4ccc(C)cc4)c(Cl)c3)cc2C(=O)O)cc1. The molecule has 0 radical (unpaired) electrons. The minimum atomic E-state index is -3.82. The quantitative estimate of drug-likeness (QED) is 0.185. The number of aromatic carboxylic acids is 1. The van der Waals surface area contributed by atoms with Gasteiger partial charge >= 0.3 is 5.97 Å². The van der Waals surface area contributed by atoms with Gasteiger partial charge in [0.05, 0.1) is 26.9 Å². The third-order valence-corrected chi connectivity index (χ3v) is 7.80. The summed E-state index contributed by atoms with van der Waals surface area (Å²) in [6, 6.07) is 23.4. The van der Waals surface area contributed by atoms with Crippen LogP contribution in [0.2, 0.25) is 5.02 Å². The van der Waals surface area contributed by atoms with Crippen molar-refractivity contribution in [3.05, 3.63) is 107 Å². The van der Waals surface area contributed by atoms with Gasteiger partial charge in [0.1, 0.15) is 11.5 Å². The van der Waals surface area contributed by atoms with Gasteiger partial charge < -0.3 is 14.6 Å². The van der Waals surface area contributed by atoms with Gasteiger partial charge in [-0.05, 0) is 80.4 Å². The smallest absolute Gasteiger partial charge is 0.337 e. The second-order valence-electron chi connectivity index (χ2n) is 8.19. The first-order chi connectivity index (χ1) is 17.6. The number of nitrogens with one attached hydrogen (secondary N) is 2. The molecule has 0 saturated heterocycles. The molecule has 0 aliphatic carbocycles. The number of carboxylic acids is 1. The number of carboxylic acid groups (broad SMARTS) is 1. The van der Waals surface area contributed by atoms with Crippen LogP contribution in [-0.2, 0) is 10.0 Å². The lowest BCUT2D eigenvalue weighted by atomic mass is 10.2. The first-order valence-corrected chi connectivity index (χ1v) is 13.7. The lowest BCUT2D eigenvalue weighted by Gasteiger charge is -2.13. The Bertz CT molecular complexity index is 1540. The van der Waals surface area contributed by atoms with Crippen LogP contribution >= 0.6 is 23.5 Å². The molecule has 0 atom stereocenters. The van der Waals surface area contributed by atoms with Crippen molar-refractivity contribution in [2.75, 3.05) is 9.44 Å². The molecule has 4 aromatic carbocycles. The Morgan fingerprint density at radius 2 is 1.41 bits per heavy atom. The minimum Gasteiger partial charge on any atom is -0.478 e. The van der Waals surface area contributed by atoms with E-state index >= 15 is 0 Å². The summed E-state index contributed by atoms with van der Waals surface area (Å²) >= 11 is 7.62. The average Bonchev–Trinajstić information content (AvgIpc) is 2.86. The van der Waals surface area contributed by atoms with Crippen molar-refractivity contribution in [1.29, 1.82) is 0 Å². The van der Waals surface area contributed by atoms with Crippen molar-refractivity contribution >= 4 is 50.9 Å². The Balaban J connectivity index is 1.48. The third-order valence-electron chi connectivity index (χ3n) is 5.27. The van der Waals surface area contributed by atoms with Crippen LogP contribution in [0.25, 0.3) is 0 Å². The van der Waals surface area contributed by atoms with Gasteiger partial charge in [-0.25, -0.2) is 13.2 Å². The molecule has 0 aliphatic rings. The van der Waals surface area contributed by atoms with E-state index in [0.717, 1.165) is 16.0 Å². The van der Waals surface area contributed by atoms with Crippen molar-refractivity contribution < 1.29 is 23.1 Å². The van der Waals surface area contributed by atoms with Crippen LogP contribution in [-0.4, -0.2) is 19.5 Å². The molecule has 0 aromatic heterocycles. The molecule has 10 heteroatoms. The Labute approximate surface area is 224 Å². The number of halogens is 1. The molecule has 0 amide bonds. The first kappa shape index (κ1) is 26.4. The molecule has 190 valence electrons. The maximum absolute atomic E-state index is 12.7. The number of hydrogen-bond acceptors (Lipinski definition) is 6. The highest BCUT2D eigenvalue weighted by molar-refractivity contribution is 8.00. The fourth-order valence-electron chi connectivity index (χ4n) is 3.27. The molecule has 0 aliphatic heterocycles. The van der Waals surface area contributed by atoms with Gasteiger partial charge in [0, 0.05) is 11.0 Å². The monoisotopic (exact) mass is 554 g/mol. The predicted octanol–water partition coefficient (Wildman–Crippen LogP) is 7.37. The third kappa shape index (κ3) is 6.76. The molecular formula is C27H23ClN2O5S2. The van der Waals surface area contributed by atoms with Crippen molar-refractivity contribution in [2.24, 2.45) is 0 Å². The van der Waals surface area contributed by atoms with Gasteiger partial charge in [0.25, 0.3) is 10.0 Å². The lowest BCUT2D eigenvalue weighted by molar-refractivity contribution is 0.0697. The van der Waals surface area contributed by atoms with Crippen LogP contribution in [0.1, 0.15) is 21.5 Å². The highest BCUT2D eigenvalue weighted by Crippen LogP contribution is 2.33. The molecule has 3 N–H and O–H groups in total. The van der Waals surface area contributed by atoms with E-state index < -0.39 is 16.0 Å². The van der Waals surface area contributed by atoms with Gasteiger partial charge in [-0.2, -0.15) is 0 Å². The van der Waals surface area contributed by atoms with Gasteiger partial charge in [0.15, 0.2) is 0 Å². The van der Waals surface area contributed by atoms with Crippen LogP contribution in [0.15, 0.2) is 94.7 Å². The zero-order chi connectivity index (χ0) is 26.6. The van der Waals surface area contributed by atoms with Crippen LogP contribution in [0.3, 0.4) is 0 Å². The molecule has 0 unspecified atom stereocenters. The summed E-state index contributed by atoms with van der Waals surface area (Å²) in [4.78, 5) is 12.9. The van der Waals surface area contributed by atoms with E-state index in [4.69, 9.17) is 16.3 Å². The summed E-state index contributed by atoms with van der Waals surface area (Å²) in [5.41, 5.74) is 2.72. The highest BCUT2D eigenvalue weighted by Gasteiger charge is 2.17. The van der Waals surface area contributed by atoms with Crippen molar-refractivity contribution in [2.45, 2.75) is 23.6 Å². The molecule has 4 rings (SSSR count). The number of rotatable bonds is 9. The van der Waals surface area contributed by atoms with Gasteiger partial charge in [-0.15, -0.1) is 0 Å². The molecule has 37 heavy (non-hydrogen) atoms. The molecule has 7 nitrogen and oxygen atoms in total. The standard InChI is InChI=1S/C27H23ClN2O5S2/c1-17-3-9-21(10-4-17)36-29-25-13-7-19(15-23(25)27(31)32)35-20-8-14-26(24(28)16-20)30-37(33,34)22-11-5-18(2)6-12-22/h3-16,29-30H,1-2H3,(H,31,32). The Kier molecular flexibility index (Phi) is 7.97. The normalized spacial score (nSPS) is 11.1. The number of ether oxygens (including phenoxy) is 1. The zero-order valence-electron chi connectivity index (χ0n) is 19.9. The van der Waals surface area contributed by atoms with Gasteiger partial charge in [-0.1, -0.05) is 47.0 Å². The topological polar surface area (TPSA) is 105 Å². The molecule has 0 spiro atoms. The average molecular weight is 555 g/mol. The van der Waals surface area contributed by atoms with E-state index in [-0.39, 0.29) is 26.9 Å². The number of aryl methyl sites for hydroxylation is 2. The summed E-state index contributed by atoms with van der Waals surface area (Å²) in [5.74, 6) is -0.516. The summed E-state index contributed by atoms with van der Waals surface area (Å²) in [6.45, 7) is 3.86. The fourth-order valence-corrected chi connectivity index (χ4v) is 5.30. The van der Waals surface area contributed by atoms with E-state index in [2.05, 4.69) is 9.44 Å². The summed E-state index contributed by atoms with van der Waals surface area (Å²) < 4.78 is 36.7. The van der Waals surface area contributed by atoms with E-state index in [1.54, 1.807) is 30.3 Å². The van der Waals surface area contributed by atoms with Crippen LogP contribution in [0.4, 0.5) is 11.4 Å². The van der Waals surface area contributed by atoms with E-state index in [1.165, 1.54) is 42.3 Å². The first-order valence-electron chi connectivity index (χ1n) is 11.0. The van der Waals surface area contributed by atoms with Gasteiger partial charge in [0.2, 0.25) is 0 Å². The number of sulfonamides is 1. The molecule has 0 saturated carbocycles. The van der Waals surface area contributed by atoms with E-state index in [1.807, 2.05) is 38.1 Å². The lowest BCUT2D eigenvalue weighted by Crippen LogP contribution is -2.13. The van der Waals surface area contributed by atoms with Crippen LogP contribution < -0.4 is 14.2 Å².